The summed E-state index contributed by atoms with van der Waals surface area (Å²) in [4.78, 5) is 0. The normalized spacial score (nSPS) is 20.7. The van der Waals surface area contributed by atoms with Gasteiger partial charge in [-0.05, 0) is 54.0 Å². The molecule has 21 heavy (non-hydrogen) atoms. The van der Waals surface area contributed by atoms with Crippen molar-refractivity contribution in [3.63, 3.8) is 0 Å². The minimum Gasteiger partial charge on any atom is -0.0844 e. The van der Waals surface area contributed by atoms with Crippen molar-refractivity contribution in [3.8, 4) is 0 Å². The minimum absolute atomic E-state index is 0.476. The van der Waals surface area contributed by atoms with Gasteiger partial charge >= 0.3 is 0 Å². The first-order valence-electron chi connectivity index (χ1n) is 7.98. The summed E-state index contributed by atoms with van der Waals surface area (Å²) >= 11 is 0. The van der Waals surface area contributed by atoms with Gasteiger partial charge in [-0.3, -0.25) is 0 Å². The van der Waals surface area contributed by atoms with Crippen LogP contribution in [0, 0.1) is 0 Å². The molecule has 2 aliphatic rings. The lowest BCUT2D eigenvalue weighted by atomic mass is 9.80. The van der Waals surface area contributed by atoms with Crippen LogP contribution >= 0.6 is 0 Å². The molecule has 0 spiro atoms. The minimum atomic E-state index is 0.476. The summed E-state index contributed by atoms with van der Waals surface area (Å²) in [7, 11) is 0. The highest BCUT2D eigenvalue weighted by Crippen LogP contribution is 2.48. The Balaban J connectivity index is 1.84. The Bertz CT molecular complexity index is 704. The molecule has 0 amide bonds. The smallest absolute Gasteiger partial charge is 0.0311 e. The monoisotopic (exact) mass is 272 g/mol. The van der Waals surface area contributed by atoms with E-state index in [-0.39, 0.29) is 0 Å². The molecule has 0 aromatic heterocycles. The van der Waals surface area contributed by atoms with Crippen LogP contribution in [0.25, 0.3) is 11.6 Å². The number of allylic oxidation sites excluding steroid dienone is 3. The van der Waals surface area contributed by atoms with Gasteiger partial charge in [0.25, 0.3) is 0 Å². The second kappa shape index (κ2) is 5.37. The third-order valence-electron chi connectivity index (χ3n) is 4.73. The van der Waals surface area contributed by atoms with Crippen LogP contribution in [0.4, 0.5) is 0 Å². The van der Waals surface area contributed by atoms with Gasteiger partial charge in [0.15, 0.2) is 0 Å². The number of benzene rings is 2. The van der Waals surface area contributed by atoms with E-state index in [2.05, 4.69) is 66.7 Å². The Morgan fingerprint density at radius 2 is 1.62 bits per heavy atom. The zero-order chi connectivity index (χ0) is 14.1. The van der Waals surface area contributed by atoms with E-state index < -0.39 is 0 Å². The van der Waals surface area contributed by atoms with Gasteiger partial charge in [0, 0.05) is 5.92 Å². The van der Waals surface area contributed by atoms with Crippen molar-refractivity contribution in [3.05, 3.63) is 82.9 Å². The first-order valence-corrected chi connectivity index (χ1v) is 7.98. The number of fused-ring (bicyclic) bond motifs is 1. The fraction of sp³-hybridized carbons (Fsp3) is 0.238. The maximum Gasteiger partial charge on any atom is 0.0311 e. The van der Waals surface area contributed by atoms with Gasteiger partial charge < -0.3 is 0 Å². The summed E-state index contributed by atoms with van der Waals surface area (Å²) in [6.07, 6.45) is 10.1. The van der Waals surface area contributed by atoms with Crippen LogP contribution in [-0.4, -0.2) is 0 Å². The van der Waals surface area contributed by atoms with E-state index in [1.807, 2.05) is 0 Å². The van der Waals surface area contributed by atoms with Gasteiger partial charge in [0.2, 0.25) is 0 Å². The van der Waals surface area contributed by atoms with Crippen molar-refractivity contribution in [1.82, 2.24) is 0 Å². The fourth-order valence-electron chi connectivity index (χ4n) is 3.73. The second-order valence-corrected chi connectivity index (χ2v) is 6.05. The summed E-state index contributed by atoms with van der Waals surface area (Å²) in [5.74, 6) is 0.476. The zero-order valence-corrected chi connectivity index (χ0v) is 12.3. The zero-order valence-electron chi connectivity index (χ0n) is 12.3. The molecule has 2 aliphatic carbocycles. The molecular formula is C21H20. The molecule has 0 heteroatoms. The van der Waals surface area contributed by atoms with Gasteiger partial charge in [0.05, 0.1) is 0 Å². The van der Waals surface area contributed by atoms with Gasteiger partial charge in [-0.25, -0.2) is 0 Å². The fourth-order valence-corrected chi connectivity index (χ4v) is 3.73. The first-order chi connectivity index (χ1) is 10.4. The molecule has 1 unspecified atom stereocenters. The Labute approximate surface area is 126 Å². The van der Waals surface area contributed by atoms with E-state index in [0.717, 1.165) is 0 Å². The predicted molar refractivity (Wildman–Crippen MR) is 90.0 cm³/mol. The number of hydrogen-bond donors (Lipinski definition) is 0. The van der Waals surface area contributed by atoms with Gasteiger partial charge in [-0.15, -0.1) is 0 Å². The molecular weight excluding hydrogens is 252 g/mol. The highest BCUT2D eigenvalue weighted by molar-refractivity contribution is 5.93. The van der Waals surface area contributed by atoms with Crippen molar-refractivity contribution in [1.29, 1.82) is 0 Å². The van der Waals surface area contributed by atoms with Crippen LogP contribution in [0.2, 0.25) is 0 Å². The van der Waals surface area contributed by atoms with E-state index >= 15 is 0 Å². The van der Waals surface area contributed by atoms with Crippen LogP contribution in [0.1, 0.15) is 48.3 Å². The maximum atomic E-state index is 2.49. The predicted octanol–water partition coefficient (Wildman–Crippen LogP) is 5.82. The van der Waals surface area contributed by atoms with E-state index in [9.17, 15) is 0 Å². The number of rotatable bonds is 2. The van der Waals surface area contributed by atoms with Gasteiger partial charge in [-0.2, -0.15) is 0 Å². The first kappa shape index (κ1) is 12.6. The molecule has 0 aliphatic heterocycles. The molecule has 0 saturated carbocycles. The molecule has 0 radical (unpaired) electrons. The topological polar surface area (TPSA) is 0 Å². The van der Waals surface area contributed by atoms with Crippen LogP contribution in [0.3, 0.4) is 0 Å². The molecule has 0 bridgehead atoms. The van der Waals surface area contributed by atoms with E-state index in [1.165, 1.54) is 47.9 Å². The van der Waals surface area contributed by atoms with Crippen molar-refractivity contribution < 1.29 is 0 Å². The molecule has 0 saturated heterocycles. The van der Waals surface area contributed by atoms with Crippen molar-refractivity contribution >= 4 is 11.6 Å². The Hall–Kier alpha value is -2.08. The van der Waals surface area contributed by atoms with Crippen LogP contribution < -0.4 is 0 Å². The van der Waals surface area contributed by atoms with Crippen molar-refractivity contribution in [2.45, 2.75) is 31.6 Å². The lowest BCUT2D eigenvalue weighted by Gasteiger charge is -2.23. The molecule has 0 heterocycles. The van der Waals surface area contributed by atoms with Crippen LogP contribution in [0.5, 0.6) is 0 Å². The molecule has 0 fully saturated rings. The molecule has 1 atom stereocenters. The van der Waals surface area contributed by atoms with Crippen molar-refractivity contribution in [2.24, 2.45) is 0 Å². The van der Waals surface area contributed by atoms with Gasteiger partial charge in [-0.1, -0.05) is 66.2 Å². The second-order valence-electron chi connectivity index (χ2n) is 6.05. The average molecular weight is 272 g/mol. The summed E-state index contributed by atoms with van der Waals surface area (Å²) in [5.41, 5.74) is 7.36. The third kappa shape index (κ3) is 2.25. The van der Waals surface area contributed by atoms with Gasteiger partial charge in [0.1, 0.15) is 0 Å². The largest absolute Gasteiger partial charge is 0.0844 e. The molecule has 2 aromatic carbocycles. The van der Waals surface area contributed by atoms with Crippen LogP contribution in [-0.2, 0) is 0 Å². The van der Waals surface area contributed by atoms with Crippen LogP contribution in [0.15, 0.2) is 66.2 Å². The summed E-state index contributed by atoms with van der Waals surface area (Å²) in [5, 5.41) is 0. The standard InChI is InChI=1S/C21H20/c1-3-9-16(10-4-1)20-15-18-13-7-8-14-19(18)21(20)17-11-5-2-6-12-17/h1,3-4,7-11,13-15,21H,2,5-6,12H2. The van der Waals surface area contributed by atoms with E-state index in [4.69, 9.17) is 0 Å². The van der Waals surface area contributed by atoms with E-state index in [0.29, 0.717) is 5.92 Å². The SMILES string of the molecule is C1=C(C2C(c3ccccc3)=Cc3ccccc32)CCCC1. The maximum absolute atomic E-state index is 2.49. The summed E-state index contributed by atoms with van der Waals surface area (Å²) in [6, 6.07) is 19.8. The molecule has 0 N–H and O–H groups in total. The summed E-state index contributed by atoms with van der Waals surface area (Å²) in [6.45, 7) is 0. The lowest BCUT2D eigenvalue weighted by Crippen LogP contribution is -2.05. The Kier molecular flexibility index (Phi) is 3.23. The Morgan fingerprint density at radius 3 is 2.43 bits per heavy atom. The third-order valence-corrected chi connectivity index (χ3v) is 4.73. The molecule has 2 aromatic rings. The highest BCUT2D eigenvalue weighted by atomic mass is 14.3. The van der Waals surface area contributed by atoms with E-state index in [1.54, 1.807) is 5.57 Å². The highest BCUT2D eigenvalue weighted by Gasteiger charge is 2.29. The summed E-state index contributed by atoms with van der Waals surface area (Å²) < 4.78 is 0. The average Bonchev–Trinajstić information content (AvgIpc) is 2.96. The molecule has 0 nitrogen and oxygen atoms in total. The Morgan fingerprint density at radius 1 is 0.810 bits per heavy atom. The molecule has 4 rings (SSSR count). The quantitative estimate of drug-likeness (QED) is 0.604. The lowest BCUT2D eigenvalue weighted by molar-refractivity contribution is 0.677. The van der Waals surface area contributed by atoms with Crippen molar-refractivity contribution in [2.75, 3.05) is 0 Å². The molecule has 104 valence electrons. The number of hydrogen-bond acceptors (Lipinski definition) is 0.